The van der Waals surface area contributed by atoms with E-state index in [2.05, 4.69) is 0 Å². The quantitative estimate of drug-likeness (QED) is 0.326. The van der Waals surface area contributed by atoms with Crippen LogP contribution < -0.4 is 0 Å². The summed E-state index contributed by atoms with van der Waals surface area (Å²) in [6.45, 7) is 0.499. The molecule has 76 valence electrons. The molecule has 0 amide bonds. The zero-order valence-corrected chi connectivity index (χ0v) is 8.62. The van der Waals surface area contributed by atoms with Crippen LogP contribution in [0.2, 0.25) is 0 Å². The third-order valence-corrected chi connectivity index (χ3v) is 2.02. The third kappa shape index (κ3) is 3.35. The number of non-ortho nitro benzene ring substituents is 1. The number of ether oxygens (including phenoxy) is 1. The molecule has 4 nitrogen and oxygen atoms in total. The fourth-order valence-electron chi connectivity index (χ4n) is 0.957. The van der Waals surface area contributed by atoms with E-state index in [1.165, 1.54) is 12.1 Å². The molecule has 0 fully saturated rings. The lowest BCUT2D eigenvalue weighted by Crippen LogP contribution is -1.93. The van der Waals surface area contributed by atoms with Crippen LogP contribution in [0.5, 0.6) is 0 Å². The van der Waals surface area contributed by atoms with E-state index < -0.39 is 4.92 Å². The van der Waals surface area contributed by atoms with E-state index in [1.807, 2.05) is 6.26 Å². The van der Waals surface area contributed by atoms with Gasteiger partial charge in [0, 0.05) is 12.1 Å². The molecule has 0 heterocycles. The Balaban J connectivity index is 2.51. The second-order valence-corrected chi connectivity index (χ2v) is 3.49. The van der Waals surface area contributed by atoms with Gasteiger partial charge in [-0.25, -0.2) is 0 Å². The van der Waals surface area contributed by atoms with Crippen LogP contribution in [-0.4, -0.2) is 17.1 Å². The Morgan fingerprint density at radius 1 is 1.43 bits per heavy atom. The molecule has 14 heavy (non-hydrogen) atoms. The lowest BCUT2D eigenvalue weighted by Gasteiger charge is -2.01. The minimum atomic E-state index is -0.410. The number of hydrogen-bond donors (Lipinski definition) is 0. The van der Waals surface area contributed by atoms with E-state index in [-0.39, 0.29) is 5.69 Å². The van der Waals surface area contributed by atoms with Crippen LogP contribution in [-0.2, 0) is 11.3 Å². The summed E-state index contributed by atoms with van der Waals surface area (Å²) < 4.78 is 5.26. The maximum Gasteiger partial charge on any atom is 0.269 e. The van der Waals surface area contributed by atoms with E-state index in [9.17, 15) is 10.1 Å². The highest BCUT2D eigenvalue weighted by atomic mass is 32.2. The minimum absolute atomic E-state index is 0.110. The Hall–Kier alpha value is -1.07. The third-order valence-electron chi connectivity index (χ3n) is 1.62. The maximum atomic E-state index is 10.3. The summed E-state index contributed by atoms with van der Waals surface area (Å²) in [6.07, 6.45) is 1.95. The molecule has 0 aromatic heterocycles. The van der Waals surface area contributed by atoms with Gasteiger partial charge in [-0.1, -0.05) is 0 Å². The average molecular weight is 213 g/mol. The lowest BCUT2D eigenvalue weighted by molar-refractivity contribution is -0.384. The van der Waals surface area contributed by atoms with Crippen molar-refractivity contribution in [2.75, 3.05) is 12.2 Å². The van der Waals surface area contributed by atoms with Gasteiger partial charge in [-0.3, -0.25) is 10.1 Å². The van der Waals surface area contributed by atoms with Crippen molar-refractivity contribution in [3.05, 3.63) is 39.9 Å². The summed E-state index contributed by atoms with van der Waals surface area (Å²) in [6, 6.07) is 6.38. The summed E-state index contributed by atoms with van der Waals surface area (Å²) in [5.74, 6) is 0.636. The summed E-state index contributed by atoms with van der Waals surface area (Å²) in [7, 11) is 0. The molecule has 0 aliphatic rings. The first-order valence-electron chi connectivity index (χ1n) is 4.04. The Labute approximate surface area is 86.4 Å². The van der Waals surface area contributed by atoms with Crippen molar-refractivity contribution < 1.29 is 9.66 Å². The minimum Gasteiger partial charge on any atom is -0.366 e. The number of rotatable bonds is 5. The Morgan fingerprint density at radius 3 is 2.57 bits per heavy atom. The molecule has 0 saturated heterocycles. The van der Waals surface area contributed by atoms with Crippen molar-refractivity contribution in [1.82, 2.24) is 0 Å². The molecule has 0 unspecified atom stereocenters. The van der Waals surface area contributed by atoms with Crippen molar-refractivity contribution in [3.8, 4) is 0 Å². The Bertz CT molecular complexity index is 299. The van der Waals surface area contributed by atoms with Crippen molar-refractivity contribution in [2.24, 2.45) is 0 Å². The first-order valence-corrected chi connectivity index (χ1v) is 5.43. The molecule has 5 heteroatoms. The molecular weight excluding hydrogens is 202 g/mol. The highest BCUT2D eigenvalue weighted by molar-refractivity contribution is 7.98. The molecule has 0 aliphatic carbocycles. The predicted molar refractivity (Wildman–Crippen MR) is 56.3 cm³/mol. The fraction of sp³-hybridized carbons (Fsp3) is 0.333. The molecule has 0 N–H and O–H groups in total. The number of hydrogen-bond acceptors (Lipinski definition) is 4. The maximum absolute atomic E-state index is 10.3. The summed E-state index contributed by atoms with van der Waals surface area (Å²) in [5, 5.41) is 10.3. The van der Waals surface area contributed by atoms with Gasteiger partial charge in [0.1, 0.15) is 0 Å². The van der Waals surface area contributed by atoms with E-state index in [0.717, 1.165) is 5.56 Å². The molecule has 0 aliphatic heterocycles. The molecule has 1 rings (SSSR count). The van der Waals surface area contributed by atoms with Gasteiger partial charge >= 0.3 is 0 Å². The first kappa shape index (κ1) is 11.0. The molecule has 0 radical (unpaired) electrons. The van der Waals surface area contributed by atoms with Crippen molar-refractivity contribution in [1.29, 1.82) is 0 Å². The Morgan fingerprint density at radius 2 is 2.07 bits per heavy atom. The second kappa shape index (κ2) is 5.62. The number of nitrogens with zero attached hydrogens (tertiary/aromatic N) is 1. The van der Waals surface area contributed by atoms with Crippen LogP contribution in [0, 0.1) is 10.1 Å². The molecule has 1 aromatic carbocycles. The second-order valence-electron chi connectivity index (χ2n) is 2.68. The highest BCUT2D eigenvalue weighted by Gasteiger charge is 2.03. The van der Waals surface area contributed by atoms with Gasteiger partial charge in [-0.2, -0.15) is 0 Å². The van der Waals surface area contributed by atoms with Gasteiger partial charge in [0.25, 0.3) is 5.69 Å². The normalized spacial score (nSPS) is 10.1. The molecule has 1 aromatic rings. The number of nitro groups is 1. The highest BCUT2D eigenvalue weighted by Crippen LogP contribution is 2.12. The summed E-state index contributed by atoms with van der Waals surface area (Å²) in [5.41, 5.74) is 1.06. The molecule has 0 atom stereocenters. The smallest absolute Gasteiger partial charge is 0.269 e. The van der Waals surface area contributed by atoms with Crippen molar-refractivity contribution in [2.45, 2.75) is 6.61 Å². The Kier molecular flexibility index (Phi) is 4.42. The van der Waals surface area contributed by atoms with Gasteiger partial charge in [0.2, 0.25) is 0 Å². The largest absolute Gasteiger partial charge is 0.366 e. The average Bonchev–Trinajstić information content (AvgIpc) is 2.19. The zero-order chi connectivity index (χ0) is 10.4. The van der Waals surface area contributed by atoms with Crippen molar-refractivity contribution in [3.63, 3.8) is 0 Å². The number of thioether (sulfide) groups is 1. The van der Waals surface area contributed by atoms with Crippen LogP contribution in [0.3, 0.4) is 0 Å². The van der Waals surface area contributed by atoms with E-state index >= 15 is 0 Å². The number of benzene rings is 1. The van der Waals surface area contributed by atoms with Gasteiger partial charge in [0.05, 0.1) is 17.5 Å². The monoisotopic (exact) mass is 213 g/mol. The molecule has 0 bridgehead atoms. The summed E-state index contributed by atoms with van der Waals surface area (Å²) >= 11 is 1.60. The van der Waals surface area contributed by atoms with E-state index in [0.29, 0.717) is 12.5 Å². The van der Waals surface area contributed by atoms with Gasteiger partial charge in [0.15, 0.2) is 0 Å². The SMILES string of the molecule is CSCOCc1ccc([N+](=O)[O-])cc1. The molecule has 0 spiro atoms. The van der Waals surface area contributed by atoms with Gasteiger partial charge < -0.3 is 4.74 Å². The van der Waals surface area contributed by atoms with E-state index in [1.54, 1.807) is 23.9 Å². The van der Waals surface area contributed by atoms with Crippen molar-refractivity contribution >= 4 is 17.4 Å². The lowest BCUT2D eigenvalue weighted by atomic mass is 10.2. The van der Waals surface area contributed by atoms with Crippen LogP contribution >= 0.6 is 11.8 Å². The topological polar surface area (TPSA) is 52.4 Å². The van der Waals surface area contributed by atoms with E-state index in [4.69, 9.17) is 4.74 Å². The predicted octanol–water partition coefficient (Wildman–Crippen LogP) is 2.43. The summed E-state index contributed by atoms with van der Waals surface area (Å²) in [4.78, 5) is 9.93. The van der Waals surface area contributed by atoms with Crippen LogP contribution in [0.15, 0.2) is 24.3 Å². The zero-order valence-electron chi connectivity index (χ0n) is 7.80. The fourth-order valence-corrected chi connectivity index (χ4v) is 1.21. The molecule has 0 saturated carbocycles. The standard InChI is InChI=1S/C9H11NO3S/c1-14-7-13-6-8-2-4-9(5-3-8)10(11)12/h2-5H,6-7H2,1H3. The van der Waals surface area contributed by atoms with Crippen LogP contribution in [0.4, 0.5) is 5.69 Å². The van der Waals surface area contributed by atoms with Gasteiger partial charge in [-0.05, 0) is 24.0 Å². The van der Waals surface area contributed by atoms with Crippen LogP contribution in [0.1, 0.15) is 5.56 Å². The molecular formula is C9H11NO3S. The first-order chi connectivity index (χ1) is 6.74. The van der Waals surface area contributed by atoms with Crippen LogP contribution in [0.25, 0.3) is 0 Å². The van der Waals surface area contributed by atoms with Gasteiger partial charge in [-0.15, -0.1) is 11.8 Å². The number of nitro benzene ring substituents is 1.